The lowest BCUT2D eigenvalue weighted by molar-refractivity contribution is 0.618. The van der Waals surface area contributed by atoms with E-state index < -0.39 is 0 Å². The minimum absolute atomic E-state index is 0.239. The number of halogens is 1. The van der Waals surface area contributed by atoms with Crippen molar-refractivity contribution in [3.05, 3.63) is 106 Å². The maximum Gasteiger partial charge on any atom is 0.139 e. The first-order valence-corrected chi connectivity index (χ1v) is 11.2. The number of aryl methyl sites for hydroxylation is 2. The van der Waals surface area contributed by atoms with Crippen molar-refractivity contribution in [2.75, 3.05) is 0 Å². The number of rotatable bonds is 6. The lowest BCUT2D eigenvalue weighted by Gasteiger charge is -2.02. The van der Waals surface area contributed by atoms with Crippen LogP contribution in [0.3, 0.4) is 0 Å². The van der Waals surface area contributed by atoms with Crippen LogP contribution in [-0.4, -0.2) is 0 Å². The second-order valence-electron chi connectivity index (χ2n) is 7.75. The summed E-state index contributed by atoms with van der Waals surface area (Å²) in [6, 6.07) is 21.5. The third-order valence-electron chi connectivity index (χ3n) is 5.29. The van der Waals surface area contributed by atoms with E-state index in [4.69, 9.17) is 0 Å². The Kier molecular flexibility index (Phi) is 8.51. The fourth-order valence-corrected chi connectivity index (χ4v) is 3.32. The molecule has 0 saturated heterocycles. The maximum atomic E-state index is 14.4. The molecule has 0 aliphatic heterocycles. The predicted octanol–water partition coefficient (Wildman–Crippen LogP) is 7.31. The Balaban J connectivity index is 1.62. The summed E-state index contributed by atoms with van der Waals surface area (Å²) in [6.45, 7) is 4.34. The van der Waals surface area contributed by atoms with Gasteiger partial charge in [-0.2, -0.15) is 0 Å². The van der Waals surface area contributed by atoms with E-state index in [1.165, 1.54) is 24.8 Å². The van der Waals surface area contributed by atoms with Crippen molar-refractivity contribution in [3.8, 4) is 23.7 Å². The molecule has 0 nitrogen and oxygen atoms in total. The molecule has 3 aromatic carbocycles. The molecule has 0 N–H and O–H groups in total. The lowest BCUT2D eigenvalue weighted by Crippen LogP contribution is -1.90. The number of unbranched alkanes of at least 4 members (excludes halogenated alkanes) is 3. The fourth-order valence-electron chi connectivity index (χ4n) is 3.32. The highest BCUT2D eigenvalue weighted by Crippen LogP contribution is 2.13. The standard InChI is InChI=1S/C30H29F/c1-3-5-6-7-8-28-20-22-29(30(31)23-28)21-19-27-17-15-26(16-18-27)14-13-25-11-9-24(4-2)10-12-25/h9-12,15-18,20,22-23H,3-8H2,1-2H3. The van der Waals surface area contributed by atoms with Gasteiger partial charge in [0.25, 0.3) is 0 Å². The van der Waals surface area contributed by atoms with Crippen molar-refractivity contribution in [2.24, 2.45) is 0 Å². The van der Waals surface area contributed by atoms with Gasteiger partial charge in [0, 0.05) is 16.7 Å². The van der Waals surface area contributed by atoms with Crippen LogP contribution < -0.4 is 0 Å². The fraction of sp³-hybridized carbons (Fsp3) is 0.267. The van der Waals surface area contributed by atoms with Gasteiger partial charge in [-0.05, 0) is 78.9 Å². The molecule has 156 valence electrons. The Bertz CT molecular complexity index is 1100. The van der Waals surface area contributed by atoms with Crippen LogP contribution in [-0.2, 0) is 12.8 Å². The van der Waals surface area contributed by atoms with E-state index in [-0.39, 0.29) is 5.82 Å². The van der Waals surface area contributed by atoms with E-state index in [0.29, 0.717) is 5.56 Å². The van der Waals surface area contributed by atoms with Gasteiger partial charge in [0.2, 0.25) is 0 Å². The van der Waals surface area contributed by atoms with Crippen molar-refractivity contribution in [1.29, 1.82) is 0 Å². The molecule has 0 fully saturated rings. The Labute approximate surface area is 186 Å². The third-order valence-corrected chi connectivity index (χ3v) is 5.29. The van der Waals surface area contributed by atoms with Crippen LogP contribution in [0.25, 0.3) is 0 Å². The minimum Gasteiger partial charge on any atom is -0.206 e. The number of hydrogen-bond acceptors (Lipinski definition) is 0. The van der Waals surface area contributed by atoms with E-state index in [1.807, 2.05) is 30.3 Å². The van der Waals surface area contributed by atoms with Gasteiger partial charge in [-0.15, -0.1) is 0 Å². The quantitative estimate of drug-likeness (QED) is 0.296. The molecule has 3 aromatic rings. The molecule has 0 atom stereocenters. The second kappa shape index (κ2) is 11.8. The zero-order chi connectivity index (χ0) is 21.9. The summed E-state index contributed by atoms with van der Waals surface area (Å²) in [5.41, 5.74) is 5.59. The largest absolute Gasteiger partial charge is 0.206 e. The van der Waals surface area contributed by atoms with Crippen molar-refractivity contribution in [2.45, 2.75) is 52.4 Å². The first kappa shape index (κ1) is 22.4. The molecule has 0 spiro atoms. The highest BCUT2D eigenvalue weighted by molar-refractivity contribution is 5.48. The van der Waals surface area contributed by atoms with Gasteiger partial charge in [-0.1, -0.05) is 75.0 Å². The average Bonchev–Trinajstić information content (AvgIpc) is 2.81. The topological polar surface area (TPSA) is 0 Å². The number of benzene rings is 3. The Morgan fingerprint density at radius 3 is 1.71 bits per heavy atom. The molecule has 0 aromatic heterocycles. The number of hydrogen-bond donors (Lipinski definition) is 0. The maximum absolute atomic E-state index is 14.4. The third kappa shape index (κ3) is 7.16. The highest BCUT2D eigenvalue weighted by Gasteiger charge is 2.02. The van der Waals surface area contributed by atoms with Crippen LogP contribution in [0.5, 0.6) is 0 Å². The second-order valence-corrected chi connectivity index (χ2v) is 7.75. The van der Waals surface area contributed by atoms with Crippen molar-refractivity contribution >= 4 is 0 Å². The van der Waals surface area contributed by atoms with Gasteiger partial charge < -0.3 is 0 Å². The molecule has 0 heterocycles. The molecule has 1 heteroatoms. The highest BCUT2D eigenvalue weighted by atomic mass is 19.1. The van der Waals surface area contributed by atoms with Crippen molar-refractivity contribution in [3.63, 3.8) is 0 Å². The molecule has 0 aliphatic carbocycles. The molecule has 0 aliphatic rings. The monoisotopic (exact) mass is 408 g/mol. The first-order chi connectivity index (χ1) is 15.2. The molecule has 0 unspecified atom stereocenters. The van der Waals surface area contributed by atoms with Gasteiger partial charge in [-0.3, -0.25) is 0 Å². The van der Waals surface area contributed by atoms with Crippen LogP contribution in [0.4, 0.5) is 4.39 Å². The van der Waals surface area contributed by atoms with Gasteiger partial charge in [0.1, 0.15) is 5.82 Å². The zero-order valence-electron chi connectivity index (χ0n) is 18.5. The van der Waals surface area contributed by atoms with Gasteiger partial charge >= 0.3 is 0 Å². The van der Waals surface area contributed by atoms with Crippen LogP contribution >= 0.6 is 0 Å². The molecule has 0 bridgehead atoms. The van der Waals surface area contributed by atoms with E-state index in [9.17, 15) is 4.39 Å². The van der Waals surface area contributed by atoms with Crippen LogP contribution in [0.2, 0.25) is 0 Å². The summed E-state index contributed by atoms with van der Waals surface area (Å²) < 4.78 is 14.4. The van der Waals surface area contributed by atoms with Gasteiger partial charge in [-0.25, -0.2) is 4.39 Å². The summed E-state index contributed by atoms with van der Waals surface area (Å²) >= 11 is 0. The molecular weight excluding hydrogens is 379 g/mol. The van der Waals surface area contributed by atoms with Crippen LogP contribution in [0.15, 0.2) is 66.7 Å². The summed E-state index contributed by atoms with van der Waals surface area (Å²) in [5, 5.41) is 0. The van der Waals surface area contributed by atoms with Crippen molar-refractivity contribution < 1.29 is 4.39 Å². The van der Waals surface area contributed by atoms with E-state index >= 15 is 0 Å². The molecule has 0 amide bonds. The predicted molar refractivity (Wildman–Crippen MR) is 128 cm³/mol. The van der Waals surface area contributed by atoms with Gasteiger partial charge in [0.05, 0.1) is 5.56 Å². The zero-order valence-corrected chi connectivity index (χ0v) is 18.5. The normalized spacial score (nSPS) is 10.0. The van der Waals surface area contributed by atoms with E-state index in [1.54, 1.807) is 12.1 Å². The van der Waals surface area contributed by atoms with Crippen molar-refractivity contribution in [1.82, 2.24) is 0 Å². The van der Waals surface area contributed by atoms with E-state index in [2.05, 4.69) is 61.8 Å². The van der Waals surface area contributed by atoms with E-state index in [0.717, 1.165) is 41.5 Å². The Morgan fingerprint density at radius 2 is 1.16 bits per heavy atom. The first-order valence-electron chi connectivity index (χ1n) is 11.2. The molecular formula is C30H29F. The summed E-state index contributed by atoms with van der Waals surface area (Å²) in [7, 11) is 0. The Hall–Kier alpha value is -3.29. The molecule has 31 heavy (non-hydrogen) atoms. The molecule has 3 rings (SSSR count). The lowest BCUT2D eigenvalue weighted by atomic mass is 10.0. The smallest absolute Gasteiger partial charge is 0.139 e. The minimum atomic E-state index is -0.239. The van der Waals surface area contributed by atoms with Gasteiger partial charge in [0.15, 0.2) is 0 Å². The summed E-state index contributed by atoms with van der Waals surface area (Å²) in [6.07, 6.45) is 6.72. The van der Waals surface area contributed by atoms with Crippen LogP contribution in [0, 0.1) is 29.5 Å². The Morgan fingerprint density at radius 1 is 0.613 bits per heavy atom. The summed E-state index contributed by atoms with van der Waals surface area (Å²) in [5.74, 6) is 12.1. The summed E-state index contributed by atoms with van der Waals surface area (Å²) in [4.78, 5) is 0. The molecule has 0 saturated carbocycles. The molecule has 0 radical (unpaired) electrons. The average molecular weight is 409 g/mol. The SMILES string of the molecule is CCCCCCc1ccc(C#Cc2ccc(C#Cc3ccc(CC)cc3)cc2)c(F)c1. The van der Waals surface area contributed by atoms with Crippen LogP contribution in [0.1, 0.15) is 72.9 Å².